The minimum absolute atomic E-state index is 0.0423. The standard InChI is InChI=1S/C11H17NOS/c1-10(2)5-3-4-6-11(10,13)9-7-14-8-12-9/h7-8,13H,3-6H2,1-2H3. The van der Waals surface area contributed by atoms with Gasteiger partial charge in [-0.2, -0.15) is 0 Å². The van der Waals surface area contributed by atoms with E-state index in [0.29, 0.717) is 0 Å². The molecule has 0 spiro atoms. The minimum atomic E-state index is -0.703. The number of nitrogens with zero attached hydrogens (tertiary/aromatic N) is 1. The summed E-state index contributed by atoms with van der Waals surface area (Å²) in [4.78, 5) is 4.28. The Bertz CT molecular complexity index is 307. The Morgan fingerprint density at radius 1 is 1.36 bits per heavy atom. The maximum atomic E-state index is 10.7. The first kappa shape index (κ1) is 10.1. The summed E-state index contributed by atoms with van der Waals surface area (Å²) in [6, 6.07) is 0. The van der Waals surface area contributed by atoms with Crippen molar-refractivity contribution < 1.29 is 5.11 Å². The smallest absolute Gasteiger partial charge is 0.112 e. The van der Waals surface area contributed by atoms with E-state index in [-0.39, 0.29) is 5.41 Å². The van der Waals surface area contributed by atoms with Gasteiger partial charge < -0.3 is 5.11 Å². The van der Waals surface area contributed by atoms with Gasteiger partial charge in [0.05, 0.1) is 11.2 Å². The Morgan fingerprint density at radius 2 is 2.07 bits per heavy atom. The summed E-state index contributed by atoms with van der Waals surface area (Å²) in [7, 11) is 0. The number of aliphatic hydroxyl groups is 1. The van der Waals surface area contributed by atoms with E-state index in [1.54, 1.807) is 16.8 Å². The van der Waals surface area contributed by atoms with Crippen molar-refractivity contribution in [3.63, 3.8) is 0 Å². The molecular weight excluding hydrogens is 194 g/mol. The van der Waals surface area contributed by atoms with E-state index in [2.05, 4.69) is 18.8 Å². The van der Waals surface area contributed by atoms with Crippen LogP contribution in [0.1, 0.15) is 45.2 Å². The average molecular weight is 211 g/mol. The Hall–Kier alpha value is -0.410. The third-order valence-electron chi connectivity index (χ3n) is 3.57. The molecule has 1 aromatic rings. The molecule has 1 aliphatic carbocycles. The van der Waals surface area contributed by atoms with Crippen LogP contribution >= 0.6 is 11.3 Å². The number of hydrogen-bond acceptors (Lipinski definition) is 3. The predicted octanol–water partition coefficient (Wildman–Crippen LogP) is 2.93. The molecule has 3 heteroatoms. The summed E-state index contributed by atoms with van der Waals surface area (Å²) in [5, 5.41) is 12.7. The van der Waals surface area contributed by atoms with Crippen molar-refractivity contribution >= 4 is 11.3 Å². The molecule has 0 radical (unpaired) electrons. The molecule has 2 rings (SSSR count). The molecule has 0 bridgehead atoms. The molecule has 1 aromatic heterocycles. The summed E-state index contributed by atoms with van der Waals surface area (Å²) in [5.74, 6) is 0. The van der Waals surface area contributed by atoms with Crippen LogP contribution in [0.15, 0.2) is 10.9 Å². The maximum absolute atomic E-state index is 10.7. The van der Waals surface area contributed by atoms with Crippen molar-refractivity contribution in [3.05, 3.63) is 16.6 Å². The van der Waals surface area contributed by atoms with E-state index in [1.165, 1.54) is 6.42 Å². The van der Waals surface area contributed by atoms with Crippen LogP contribution in [0, 0.1) is 5.41 Å². The van der Waals surface area contributed by atoms with Gasteiger partial charge in [-0.25, -0.2) is 4.98 Å². The SMILES string of the molecule is CC1(C)CCCCC1(O)c1cscn1. The Kier molecular flexibility index (Phi) is 2.40. The van der Waals surface area contributed by atoms with Crippen molar-refractivity contribution in [3.8, 4) is 0 Å². The zero-order valence-corrected chi connectivity index (χ0v) is 9.60. The maximum Gasteiger partial charge on any atom is 0.112 e. The molecular formula is C11H17NOS. The van der Waals surface area contributed by atoms with Gasteiger partial charge in [-0.05, 0) is 18.3 Å². The fourth-order valence-corrected chi connectivity index (χ4v) is 3.00. The van der Waals surface area contributed by atoms with Crippen LogP contribution in [0.4, 0.5) is 0 Å². The van der Waals surface area contributed by atoms with Crippen molar-refractivity contribution in [2.24, 2.45) is 5.41 Å². The summed E-state index contributed by atoms with van der Waals surface area (Å²) in [6.07, 6.45) is 4.27. The number of aromatic nitrogens is 1. The summed E-state index contributed by atoms with van der Waals surface area (Å²) in [6.45, 7) is 4.29. The van der Waals surface area contributed by atoms with Crippen LogP contribution in [0.3, 0.4) is 0 Å². The van der Waals surface area contributed by atoms with Crippen LogP contribution in [0.25, 0.3) is 0 Å². The third-order valence-corrected chi connectivity index (χ3v) is 4.15. The molecule has 0 aliphatic heterocycles. The Morgan fingerprint density at radius 3 is 2.64 bits per heavy atom. The lowest BCUT2D eigenvalue weighted by Crippen LogP contribution is -2.44. The quantitative estimate of drug-likeness (QED) is 0.774. The monoisotopic (exact) mass is 211 g/mol. The van der Waals surface area contributed by atoms with Crippen LogP contribution in [-0.2, 0) is 5.60 Å². The van der Waals surface area contributed by atoms with Crippen molar-refractivity contribution in [2.45, 2.75) is 45.1 Å². The van der Waals surface area contributed by atoms with Gasteiger partial charge in [0.25, 0.3) is 0 Å². The van der Waals surface area contributed by atoms with Crippen LogP contribution in [-0.4, -0.2) is 10.1 Å². The summed E-state index contributed by atoms with van der Waals surface area (Å²) >= 11 is 1.56. The van der Waals surface area contributed by atoms with Gasteiger partial charge >= 0.3 is 0 Å². The molecule has 1 fully saturated rings. The van der Waals surface area contributed by atoms with Gasteiger partial charge in [0, 0.05) is 5.38 Å². The van der Waals surface area contributed by atoms with E-state index in [1.807, 2.05) is 5.38 Å². The lowest BCUT2D eigenvalue weighted by atomic mass is 9.64. The Balaban J connectivity index is 2.37. The normalized spacial score (nSPS) is 31.6. The van der Waals surface area contributed by atoms with E-state index in [4.69, 9.17) is 0 Å². The second-order valence-corrected chi connectivity index (χ2v) is 5.54. The highest BCUT2D eigenvalue weighted by Gasteiger charge is 2.47. The molecule has 14 heavy (non-hydrogen) atoms. The molecule has 1 aliphatic rings. The predicted molar refractivity (Wildman–Crippen MR) is 58.3 cm³/mol. The second kappa shape index (κ2) is 3.31. The van der Waals surface area contributed by atoms with E-state index in [9.17, 15) is 5.11 Å². The van der Waals surface area contributed by atoms with Crippen LogP contribution in [0.2, 0.25) is 0 Å². The fraction of sp³-hybridized carbons (Fsp3) is 0.727. The largest absolute Gasteiger partial charge is 0.383 e. The molecule has 1 atom stereocenters. The minimum Gasteiger partial charge on any atom is -0.383 e. The Labute approximate surface area is 89.0 Å². The van der Waals surface area contributed by atoms with E-state index < -0.39 is 5.60 Å². The molecule has 1 unspecified atom stereocenters. The van der Waals surface area contributed by atoms with Gasteiger partial charge in [-0.3, -0.25) is 0 Å². The number of rotatable bonds is 1. The first-order valence-electron chi connectivity index (χ1n) is 5.17. The molecule has 0 aromatic carbocycles. The first-order chi connectivity index (χ1) is 6.56. The van der Waals surface area contributed by atoms with Gasteiger partial charge in [0.15, 0.2) is 0 Å². The van der Waals surface area contributed by atoms with Crippen LogP contribution < -0.4 is 0 Å². The van der Waals surface area contributed by atoms with Gasteiger partial charge in [0.1, 0.15) is 5.60 Å². The van der Waals surface area contributed by atoms with Crippen molar-refractivity contribution in [1.29, 1.82) is 0 Å². The second-order valence-electron chi connectivity index (χ2n) is 4.82. The highest BCUT2D eigenvalue weighted by molar-refractivity contribution is 7.07. The van der Waals surface area contributed by atoms with Gasteiger partial charge in [-0.1, -0.05) is 26.7 Å². The highest BCUT2D eigenvalue weighted by atomic mass is 32.1. The van der Waals surface area contributed by atoms with E-state index >= 15 is 0 Å². The van der Waals surface area contributed by atoms with Crippen LogP contribution in [0.5, 0.6) is 0 Å². The van der Waals surface area contributed by atoms with Crippen molar-refractivity contribution in [1.82, 2.24) is 4.98 Å². The zero-order chi connectivity index (χ0) is 10.2. The fourth-order valence-electron chi connectivity index (χ4n) is 2.38. The number of thiazole rings is 1. The molecule has 1 saturated carbocycles. The molecule has 78 valence electrons. The molecule has 0 amide bonds. The third kappa shape index (κ3) is 1.39. The van der Waals surface area contributed by atoms with Crippen molar-refractivity contribution in [2.75, 3.05) is 0 Å². The van der Waals surface area contributed by atoms with Gasteiger partial charge in [0.2, 0.25) is 0 Å². The summed E-state index contributed by atoms with van der Waals surface area (Å²) in [5.41, 5.74) is 1.93. The lowest BCUT2D eigenvalue weighted by Gasteiger charge is -2.45. The molecule has 0 saturated heterocycles. The highest BCUT2D eigenvalue weighted by Crippen LogP contribution is 2.49. The first-order valence-corrected chi connectivity index (χ1v) is 6.12. The van der Waals surface area contributed by atoms with Gasteiger partial charge in [-0.15, -0.1) is 11.3 Å². The molecule has 1 heterocycles. The zero-order valence-electron chi connectivity index (χ0n) is 8.79. The number of hydrogen-bond donors (Lipinski definition) is 1. The average Bonchev–Trinajstić information content (AvgIpc) is 2.63. The van der Waals surface area contributed by atoms with E-state index in [0.717, 1.165) is 25.0 Å². The molecule has 1 N–H and O–H groups in total. The molecule has 2 nitrogen and oxygen atoms in total. The summed E-state index contributed by atoms with van der Waals surface area (Å²) < 4.78 is 0. The lowest BCUT2D eigenvalue weighted by molar-refractivity contribution is -0.106. The topological polar surface area (TPSA) is 33.1 Å².